The summed E-state index contributed by atoms with van der Waals surface area (Å²) in [7, 11) is 1.70. The van der Waals surface area contributed by atoms with Crippen LogP contribution in [0.5, 0.6) is 0 Å². The molecule has 1 N–H and O–H groups in total. The lowest BCUT2D eigenvalue weighted by Gasteiger charge is -2.11. The average molecular weight is 326 g/mol. The summed E-state index contributed by atoms with van der Waals surface area (Å²) < 4.78 is 6.72. The van der Waals surface area contributed by atoms with Crippen molar-refractivity contribution in [2.75, 3.05) is 19.0 Å². The fourth-order valence-corrected chi connectivity index (χ4v) is 3.66. The van der Waals surface area contributed by atoms with Crippen LogP contribution in [-0.2, 0) is 11.8 Å². The fourth-order valence-electron chi connectivity index (χ4n) is 1.82. The summed E-state index contributed by atoms with van der Waals surface area (Å²) >= 11 is 2.82. The number of hydrogen-bond donors (Lipinski definition) is 1. The van der Waals surface area contributed by atoms with E-state index in [9.17, 15) is 9.90 Å². The van der Waals surface area contributed by atoms with Gasteiger partial charge in [-0.05, 0) is 17.9 Å². The van der Waals surface area contributed by atoms with Gasteiger partial charge in [0.25, 0.3) is 5.56 Å². The molecule has 114 valence electrons. The Kier molecular flexibility index (Phi) is 5.58. The molecule has 0 saturated carbocycles. The molecule has 7 heteroatoms. The van der Waals surface area contributed by atoms with E-state index < -0.39 is 6.10 Å². The smallest absolute Gasteiger partial charge is 0.262 e. The second-order valence-electron chi connectivity index (χ2n) is 4.65. The molecule has 2 heterocycles. The molecule has 0 aliphatic heterocycles. The minimum absolute atomic E-state index is 0.0429. The molecule has 0 bridgehead atoms. The van der Waals surface area contributed by atoms with Crippen LogP contribution in [0.2, 0.25) is 0 Å². The first-order valence-corrected chi connectivity index (χ1v) is 8.35. The Morgan fingerprint density at radius 3 is 3.14 bits per heavy atom. The van der Waals surface area contributed by atoms with E-state index >= 15 is 0 Å². The highest BCUT2D eigenvalue weighted by Crippen LogP contribution is 2.24. The van der Waals surface area contributed by atoms with Crippen molar-refractivity contribution in [1.82, 2.24) is 9.55 Å². The van der Waals surface area contributed by atoms with Crippen molar-refractivity contribution in [2.24, 2.45) is 7.05 Å². The predicted molar refractivity (Wildman–Crippen MR) is 87.3 cm³/mol. The highest BCUT2D eigenvalue weighted by Gasteiger charge is 2.14. The molecule has 0 aliphatic rings. The molecule has 0 fully saturated rings. The third-order valence-electron chi connectivity index (χ3n) is 2.91. The minimum atomic E-state index is -0.604. The lowest BCUT2D eigenvalue weighted by molar-refractivity contribution is 0.0625. The van der Waals surface area contributed by atoms with Crippen molar-refractivity contribution < 1.29 is 9.84 Å². The topological polar surface area (TPSA) is 64.3 Å². The van der Waals surface area contributed by atoms with Crippen LogP contribution >= 0.6 is 23.1 Å². The first-order chi connectivity index (χ1) is 10.0. The molecule has 21 heavy (non-hydrogen) atoms. The number of nitrogens with zero attached hydrogens (tertiary/aromatic N) is 2. The Hall–Kier alpha value is -1.15. The monoisotopic (exact) mass is 326 g/mol. The van der Waals surface area contributed by atoms with E-state index in [1.165, 1.54) is 27.7 Å². The van der Waals surface area contributed by atoms with Crippen LogP contribution in [0.25, 0.3) is 10.2 Å². The van der Waals surface area contributed by atoms with Crippen LogP contribution in [0.4, 0.5) is 0 Å². The highest BCUT2D eigenvalue weighted by molar-refractivity contribution is 7.99. The summed E-state index contributed by atoms with van der Waals surface area (Å²) in [6, 6.07) is 0. The third kappa shape index (κ3) is 3.74. The number of thiophene rings is 1. The molecule has 2 rings (SSSR count). The average Bonchev–Trinajstić information content (AvgIpc) is 2.83. The first kappa shape index (κ1) is 16.2. The van der Waals surface area contributed by atoms with Crippen molar-refractivity contribution in [3.05, 3.63) is 34.0 Å². The summed E-state index contributed by atoms with van der Waals surface area (Å²) in [6.07, 6.45) is 1.03. The number of aryl methyl sites for hydroxylation is 1. The lowest BCUT2D eigenvalue weighted by Crippen LogP contribution is -2.22. The van der Waals surface area contributed by atoms with Crippen LogP contribution in [-0.4, -0.2) is 39.7 Å². The predicted octanol–water partition coefficient (Wildman–Crippen LogP) is 1.96. The number of hydrogen-bond acceptors (Lipinski definition) is 6. The zero-order valence-electron chi connectivity index (χ0n) is 12.0. The number of fused-ring (bicyclic) bond motifs is 1. The Labute approximate surface area is 131 Å². The molecule has 0 spiro atoms. The van der Waals surface area contributed by atoms with E-state index in [-0.39, 0.29) is 12.2 Å². The van der Waals surface area contributed by atoms with Gasteiger partial charge >= 0.3 is 0 Å². The largest absolute Gasteiger partial charge is 0.390 e. The van der Waals surface area contributed by atoms with Crippen molar-refractivity contribution in [3.63, 3.8) is 0 Å². The van der Waals surface area contributed by atoms with E-state index in [0.717, 1.165) is 10.4 Å². The molecule has 5 nitrogen and oxygen atoms in total. The van der Waals surface area contributed by atoms with Gasteiger partial charge in [-0.3, -0.25) is 9.36 Å². The second kappa shape index (κ2) is 7.22. The Balaban J connectivity index is 2.10. The van der Waals surface area contributed by atoms with Crippen LogP contribution < -0.4 is 5.56 Å². The summed E-state index contributed by atoms with van der Waals surface area (Å²) in [5.74, 6) is 0.424. The van der Waals surface area contributed by atoms with Gasteiger partial charge in [0.2, 0.25) is 0 Å². The van der Waals surface area contributed by atoms with Crippen LogP contribution in [0.15, 0.2) is 28.0 Å². The quantitative estimate of drug-likeness (QED) is 0.365. The van der Waals surface area contributed by atoms with Crippen molar-refractivity contribution >= 4 is 33.3 Å². The van der Waals surface area contributed by atoms with Gasteiger partial charge in [-0.2, -0.15) is 0 Å². The van der Waals surface area contributed by atoms with E-state index in [2.05, 4.69) is 11.6 Å². The summed E-state index contributed by atoms with van der Waals surface area (Å²) in [6.45, 7) is 6.12. The molecular weight excluding hydrogens is 308 g/mol. The summed E-state index contributed by atoms with van der Waals surface area (Å²) in [5.41, 5.74) is 0.913. The van der Waals surface area contributed by atoms with Gasteiger partial charge in [-0.25, -0.2) is 4.98 Å². The van der Waals surface area contributed by atoms with E-state index in [1.807, 2.05) is 12.3 Å². The zero-order chi connectivity index (χ0) is 15.4. The molecular formula is C14H18N2O3S2. The molecule has 1 atom stereocenters. The first-order valence-electron chi connectivity index (χ1n) is 6.49. The number of ether oxygens (including phenoxy) is 1. The molecule has 0 aromatic carbocycles. The van der Waals surface area contributed by atoms with Crippen LogP contribution in [0.3, 0.4) is 0 Å². The van der Waals surface area contributed by atoms with Gasteiger partial charge in [0.15, 0.2) is 5.16 Å². The minimum Gasteiger partial charge on any atom is -0.390 e. The number of aliphatic hydroxyl groups is 1. The van der Waals surface area contributed by atoms with E-state index in [1.54, 1.807) is 13.1 Å². The van der Waals surface area contributed by atoms with Crippen molar-refractivity contribution in [2.45, 2.75) is 18.2 Å². The molecule has 2 aromatic rings. The van der Waals surface area contributed by atoms with Gasteiger partial charge in [0.05, 0.1) is 24.7 Å². The molecule has 1 unspecified atom stereocenters. The maximum Gasteiger partial charge on any atom is 0.262 e. The number of thioether (sulfide) groups is 1. The normalized spacial score (nSPS) is 12.7. The van der Waals surface area contributed by atoms with Crippen LogP contribution in [0.1, 0.15) is 5.56 Å². The number of rotatable bonds is 7. The Bertz CT molecular complexity index is 693. The van der Waals surface area contributed by atoms with Crippen LogP contribution in [0, 0.1) is 6.92 Å². The molecule has 0 amide bonds. The number of aliphatic hydroxyl groups excluding tert-OH is 1. The Morgan fingerprint density at radius 2 is 2.43 bits per heavy atom. The fraction of sp³-hybridized carbons (Fsp3) is 0.429. The maximum atomic E-state index is 12.3. The zero-order valence-corrected chi connectivity index (χ0v) is 13.7. The Morgan fingerprint density at radius 1 is 1.67 bits per heavy atom. The lowest BCUT2D eigenvalue weighted by atomic mass is 10.3. The third-order valence-corrected chi connectivity index (χ3v) is 5.07. The van der Waals surface area contributed by atoms with E-state index in [4.69, 9.17) is 4.74 Å². The maximum absolute atomic E-state index is 12.3. The van der Waals surface area contributed by atoms with Gasteiger partial charge in [-0.15, -0.1) is 17.9 Å². The molecule has 0 saturated heterocycles. The second-order valence-corrected chi connectivity index (χ2v) is 6.49. The van der Waals surface area contributed by atoms with Gasteiger partial charge < -0.3 is 9.84 Å². The number of aromatic nitrogens is 2. The SMILES string of the molecule is C=CCOCC(O)CSc1nc2scc(C)c2c(=O)n1C. The summed E-state index contributed by atoms with van der Waals surface area (Å²) in [5, 5.41) is 13.0. The van der Waals surface area contributed by atoms with E-state index in [0.29, 0.717) is 22.9 Å². The van der Waals surface area contributed by atoms with Crippen molar-refractivity contribution in [1.29, 1.82) is 0 Å². The molecule has 0 radical (unpaired) electrons. The standard InChI is InChI=1S/C14H18N2O3S2/c1-4-5-19-6-10(17)8-21-14-15-12-11(9(2)7-20-12)13(18)16(14)3/h4,7,10,17H,1,5-6,8H2,2-3H3. The van der Waals surface area contributed by atoms with Gasteiger partial charge in [0.1, 0.15) is 4.83 Å². The highest BCUT2D eigenvalue weighted by atomic mass is 32.2. The van der Waals surface area contributed by atoms with Crippen molar-refractivity contribution in [3.8, 4) is 0 Å². The molecule has 0 aliphatic carbocycles. The summed E-state index contributed by atoms with van der Waals surface area (Å²) in [4.78, 5) is 17.6. The molecule has 2 aromatic heterocycles. The van der Waals surface area contributed by atoms with Gasteiger partial charge in [0, 0.05) is 12.8 Å². The van der Waals surface area contributed by atoms with Gasteiger partial charge in [-0.1, -0.05) is 17.8 Å².